The number of hydrogen-bond acceptors (Lipinski definition) is 4. The van der Waals surface area contributed by atoms with Gasteiger partial charge in [0.05, 0.1) is 29.8 Å². The van der Waals surface area contributed by atoms with Crippen molar-refractivity contribution >= 4 is 17.2 Å². The molecule has 1 atom stereocenters. The summed E-state index contributed by atoms with van der Waals surface area (Å²) in [6.07, 6.45) is 5.92. The van der Waals surface area contributed by atoms with Crippen LogP contribution in [0.4, 0.5) is 0 Å². The predicted octanol–water partition coefficient (Wildman–Crippen LogP) is 2.91. The number of hydrogen-bond donors (Lipinski definition) is 1. The molecule has 2 aliphatic rings. The zero-order valence-electron chi connectivity index (χ0n) is 12.4. The number of ether oxygens (including phenoxy) is 1. The lowest BCUT2D eigenvalue weighted by Gasteiger charge is -2.34. The highest BCUT2D eigenvalue weighted by Crippen LogP contribution is 2.34. The van der Waals surface area contributed by atoms with Gasteiger partial charge in [-0.15, -0.1) is 11.3 Å². The van der Waals surface area contributed by atoms with Gasteiger partial charge in [0, 0.05) is 24.0 Å². The Labute approximate surface area is 133 Å². The third-order valence-corrected chi connectivity index (χ3v) is 5.71. The number of likely N-dealkylation sites (tertiary alicyclic amines) is 1. The normalized spacial score (nSPS) is 21.6. The number of H-pyrrole nitrogens is 1. The van der Waals surface area contributed by atoms with Crippen LogP contribution >= 0.6 is 11.3 Å². The van der Waals surface area contributed by atoms with Gasteiger partial charge in [-0.2, -0.15) is 5.10 Å². The minimum absolute atomic E-state index is 0.124. The van der Waals surface area contributed by atoms with Crippen molar-refractivity contribution in [2.45, 2.75) is 38.3 Å². The Morgan fingerprint density at radius 1 is 1.45 bits per heavy atom. The van der Waals surface area contributed by atoms with Crippen molar-refractivity contribution in [1.29, 1.82) is 0 Å². The average molecular weight is 317 g/mol. The zero-order chi connectivity index (χ0) is 14.9. The maximum absolute atomic E-state index is 13.0. The summed E-state index contributed by atoms with van der Waals surface area (Å²) in [5.41, 5.74) is 2.23. The van der Waals surface area contributed by atoms with Gasteiger partial charge in [-0.1, -0.05) is 0 Å². The van der Waals surface area contributed by atoms with Crippen molar-refractivity contribution in [1.82, 2.24) is 15.1 Å². The van der Waals surface area contributed by atoms with E-state index in [4.69, 9.17) is 4.74 Å². The molecule has 5 nitrogen and oxygen atoms in total. The van der Waals surface area contributed by atoms with Crippen LogP contribution in [0.25, 0.3) is 0 Å². The highest BCUT2D eigenvalue weighted by Gasteiger charge is 2.31. The Bertz CT molecular complexity index is 641. The summed E-state index contributed by atoms with van der Waals surface area (Å²) < 4.78 is 5.48. The van der Waals surface area contributed by atoms with E-state index in [9.17, 15) is 4.79 Å². The molecule has 1 fully saturated rings. The monoisotopic (exact) mass is 317 g/mol. The fourth-order valence-corrected chi connectivity index (χ4v) is 4.45. The minimum Gasteiger partial charge on any atom is -0.376 e. The maximum Gasteiger partial charge on any atom is 0.264 e. The van der Waals surface area contributed by atoms with Gasteiger partial charge in [-0.25, -0.2) is 0 Å². The molecule has 4 heterocycles. The summed E-state index contributed by atoms with van der Waals surface area (Å²) in [7, 11) is 0. The summed E-state index contributed by atoms with van der Waals surface area (Å²) in [5.74, 6) is 0.152. The number of nitrogens with one attached hydrogen (secondary N) is 1. The molecule has 4 rings (SSSR count). The molecule has 2 aromatic rings. The largest absolute Gasteiger partial charge is 0.376 e. The lowest BCUT2D eigenvalue weighted by Crippen LogP contribution is -2.38. The summed E-state index contributed by atoms with van der Waals surface area (Å²) >= 11 is 1.64. The van der Waals surface area contributed by atoms with E-state index in [1.54, 1.807) is 17.5 Å². The first kappa shape index (κ1) is 14.0. The number of aromatic nitrogens is 2. The highest BCUT2D eigenvalue weighted by molar-refractivity contribution is 7.14. The van der Waals surface area contributed by atoms with Crippen LogP contribution in [0.1, 0.15) is 51.1 Å². The Morgan fingerprint density at radius 2 is 2.41 bits per heavy atom. The van der Waals surface area contributed by atoms with Gasteiger partial charge in [-0.05, 0) is 37.0 Å². The predicted molar refractivity (Wildman–Crippen MR) is 83.9 cm³/mol. The molecule has 2 aromatic heterocycles. The molecule has 1 amide bonds. The lowest BCUT2D eigenvalue weighted by molar-refractivity contribution is 0.0611. The van der Waals surface area contributed by atoms with Crippen LogP contribution in [-0.2, 0) is 17.8 Å². The number of fused-ring (bicyclic) bond motifs is 1. The van der Waals surface area contributed by atoms with Gasteiger partial charge in [-0.3, -0.25) is 9.89 Å². The van der Waals surface area contributed by atoms with Crippen LogP contribution in [0.2, 0.25) is 0 Å². The highest BCUT2D eigenvalue weighted by atomic mass is 32.1. The first-order valence-electron chi connectivity index (χ1n) is 7.82. The molecule has 2 aliphatic heterocycles. The smallest absolute Gasteiger partial charge is 0.264 e. The van der Waals surface area contributed by atoms with Crippen molar-refractivity contribution in [3.63, 3.8) is 0 Å². The van der Waals surface area contributed by atoms with Crippen LogP contribution in [0.15, 0.2) is 18.3 Å². The molecular formula is C16H19N3O2S. The van der Waals surface area contributed by atoms with Gasteiger partial charge in [0.15, 0.2) is 0 Å². The summed E-state index contributed by atoms with van der Waals surface area (Å²) in [4.78, 5) is 17.2. The fourth-order valence-electron chi connectivity index (χ4n) is 3.34. The van der Waals surface area contributed by atoms with Crippen LogP contribution in [0, 0.1) is 0 Å². The molecule has 0 radical (unpaired) electrons. The molecule has 6 heteroatoms. The van der Waals surface area contributed by atoms with E-state index in [1.165, 1.54) is 10.4 Å². The van der Waals surface area contributed by atoms with E-state index >= 15 is 0 Å². The zero-order valence-corrected chi connectivity index (χ0v) is 13.2. The van der Waals surface area contributed by atoms with E-state index in [0.717, 1.165) is 49.4 Å². The number of rotatable bonds is 2. The van der Waals surface area contributed by atoms with Crippen molar-refractivity contribution in [2.75, 3.05) is 13.2 Å². The van der Waals surface area contributed by atoms with E-state index < -0.39 is 0 Å². The SMILES string of the molecule is O=C(c1cc2c(s1)CCOC2)N1CCCCC1c1ccn[nH]1. The molecule has 22 heavy (non-hydrogen) atoms. The summed E-state index contributed by atoms with van der Waals surface area (Å²) in [6, 6.07) is 4.13. The number of piperidine rings is 1. The van der Waals surface area contributed by atoms with Crippen LogP contribution < -0.4 is 0 Å². The number of nitrogens with zero attached hydrogens (tertiary/aromatic N) is 2. The van der Waals surface area contributed by atoms with Crippen LogP contribution in [0.3, 0.4) is 0 Å². The minimum atomic E-state index is 0.124. The number of thiophene rings is 1. The number of aromatic amines is 1. The topological polar surface area (TPSA) is 58.2 Å². The third-order valence-electron chi connectivity index (χ3n) is 4.48. The maximum atomic E-state index is 13.0. The number of carbonyl (C=O) groups is 1. The molecule has 1 saturated heterocycles. The second kappa shape index (κ2) is 5.85. The fraction of sp³-hybridized carbons (Fsp3) is 0.500. The van der Waals surface area contributed by atoms with E-state index in [0.29, 0.717) is 6.61 Å². The quantitative estimate of drug-likeness (QED) is 0.926. The molecule has 1 N–H and O–H groups in total. The average Bonchev–Trinajstić information content (AvgIpc) is 3.23. The van der Waals surface area contributed by atoms with Gasteiger partial charge in [0.2, 0.25) is 0 Å². The Hall–Kier alpha value is -1.66. The Balaban J connectivity index is 1.61. The molecule has 0 bridgehead atoms. The standard InChI is InChI=1S/C16H19N3O2S/c20-16(15-9-11-10-21-8-5-14(11)22-15)19-7-2-1-3-13(19)12-4-6-17-18-12/h4,6,9,13H,1-3,5,7-8,10H2,(H,17,18). The molecule has 0 spiro atoms. The second-order valence-electron chi connectivity index (χ2n) is 5.88. The molecular weight excluding hydrogens is 298 g/mol. The van der Waals surface area contributed by atoms with Gasteiger partial charge in [0.25, 0.3) is 5.91 Å². The van der Waals surface area contributed by atoms with Gasteiger partial charge >= 0.3 is 0 Å². The van der Waals surface area contributed by atoms with E-state index in [2.05, 4.69) is 10.2 Å². The first-order chi connectivity index (χ1) is 10.8. The van der Waals surface area contributed by atoms with Crippen LogP contribution in [0.5, 0.6) is 0 Å². The van der Waals surface area contributed by atoms with Crippen LogP contribution in [-0.4, -0.2) is 34.2 Å². The van der Waals surface area contributed by atoms with Crippen molar-refractivity contribution in [3.05, 3.63) is 39.3 Å². The summed E-state index contributed by atoms with van der Waals surface area (Å²) in [5, 5.41) is 7.07. The molecule has 0 saturated carbocycles. The summed E-state index contributed by atoms with van der Waals surface area (Å²) in [6.45, 7) is 2.23. The molecule has 0 aliphatic carbocycles. The third kappa shape index (κ3) is 2.46. The first-order valence-corrected chi connectivity index (χ1v) is 8.64. The number of carbonyl (C=O) groups excluding carboxylic acids is 1. The Morgan fingerprint density at radius 3 is 3.23 bits per heavy atom. The van der Waals surface area contributed by atoms with Crippen molar-refractivity contribution < 1.29 is 9.53 Å². The second-order valence-corrected chi connectivity index (χ2v) is 7.02. The van der Waals surface area contributed by atoms with E-state index in [-0.39, 0.29) is 11.9 Å². The van der Waals surface area contributed by atoms with Gasteiger partial charge in [0.1, 0.15) is 0 Å². The van der Waals surface area contributed by atoms with E-state index in [1.807, 2.05) is 17.0 Å². The molecule has 1 unspecified atom stereocenters. The van der Waals surface area contributed by atoms with Crippen molar-refractivity contribution in [3.8, 4) is 0 Å². The Kier molecular flexibility index (Phi) is 3.72. The lowest BCUT2D eigenvalue weighted by atomic mass is 9.99. The number of amides is 1. The molecule has 0 aromatic carbocycles. The molecule has 116 valence electrons. The van der Waals surface area contributed by atoms with Crippen molar-refractivity contribution in [2.24, 2.45) is 0 Å². The van der Waals surface area contributed by atoms with Gasteiger partial charge < -0.3 is 9.64 Å².